The molecule has 0 saturated carbocycles. The van der Waals surface area contributed by atoms with Crippen molar-refractivity contribution in [3.63, 3.8) is 0 Å². The predicted molar refractivity (Wildman–Crippen MR) is 245 cm³/mol. The molecular formula is C47H67ClN6O9. The van der Waals surface area contributed by atoms with Gasteiger partial charge in [0, 0.05) is 35.8 Å². The van der Waals surface area contributed by atoms with Crippen molar-refractivity contribution in [2.75, 3.05) is 7.11 Å². The molecule has 2 rings (SSSR count). The molecule has 0 aliphatic heterocycles. The number of ether oxygens (including phenoxy) is 4. The molecule has 15 nitrogen and oxygen atoms in total. The van der Waals surface area contributed by atoms with Crippen molar-refractivity contribution in [2.45, 2.75) is 144 Å². The van der Waals surface area contributed by atoms with E-state index in [4.69, 9.17) is 36.1 Å². The van der Waals surface area contributed by atoms with E-state index in [-0.39, 0.29) is 37.6 Å². The summed E-state index contributed by atoms with van der Waals surface area (Å²) in [6, 6.07) is 9.51. The van der Waals surface area contributed by atoms with Gasteiger partial charge in [0.15, 0.2) is 0 Å². The number of rotatable bonds is 21. The lowest BCUT2D eigenvalue weighted by Gasteiger charge is -2.34. The SMILES string of the molecule is COc1ccc(C[C@@H](NC(=O)OC(C)(C)C)C(=O)NC(C)C(C)(C)C(=O)N[C@@H](CC(C)C)C(=O)O[C@@H](C/C=C/C(=O)OC(C)(C)C)[C@H](C)/C=C/c2ccc(CN=[N+]=[N-])cc2)cc1Cl. The molecule has 0 spiro atoms. The Morgan fingerprint density at radius 2 is 1.46 bits per heavy atom. The Hall–Kier alpha value is -5.53. The van der Waals surface area contributed by atoms with Crippen LogP contribution in [0.2, 0.25) is 5.02 Å². The van der Waals surface area contributed by atoms with Crippen LogP contribution < -0.4 is 20.7 Å². The highest BCUT2D eigenvalue weighted by Crippen LogP contribution is 2.27. The van der Waals surface area contributed by atoms with Crippen molar-refractivity contribution in [3.8, 4) is 5.75 Å². The number of benzene rings is 2. The Balaban J connectivity index is 2.34. The molecule has 3 N–H and O–H groups in total. The van der Waals surface area contributed by atoms with Crippen molar-refractivity contribution >= 4 is 47.5 Å². The van der Waals surface area contributed by atoms with Gasteiger partial charge in [0.25, 0.3) is 0 Å². The Kier molecular flexibility index (Phi) is 20.7. The third-order valence-electron chi connectivity index (χ3n) is 9.76. The number of hydrogen-bond donors (Lipinski definition) is 3. The lowest BCUT2D eigenvalue weighted by molar-refractivity contribution is -0.156. The van der Waals surface area contributed by atoms with E-state index in [1.54, 1.807) is 86.6 Å². The second kappa shape index (κ2) is 24.4. The fourth-order valence-corrected chi connectivity index (χ4v) is 6.20. The summed E-state index contributed by atoms with van der Waals surface area (Å²) in [6.07, 6.45) is 5.58. The van der Waals surface area contributed by atoms with E-state index in [2.05, 4.69) is 26.0 Å². The smallest absolute Gasteiger partial charge is 0.408 e. The number of hydrogen-bond acceptors (Lipinski definition) is 10. The van der Waals surface area contributed by atoms with E-state index in [0.717, 1.165) is 11.1 Å². The Morgan fingerprint density at radius 1 is 0.841 bits per heavy atom. The maximum absolute atomic E-state index is 14.1. The van der Waals surface area contributed by atoms with E-state index >= 15 is 0 Å². The summed E-state index contributed by atoms with van der Waals surface area (Å²) in [5.41, 5.74) is 8.20. The second-order valence-corrected chi connectivity index (χ2v) is 18.9. The highest BCUT2D eigenvalue weighted by molar-refractivity contribution is 6.32. The van der Waals surface area contributed by atoms with E-state index in [9.17, 15) is 24.0 Å². The quantitative estimate of drug-likeness (QED) is 0.0272. The highest BCUT2D eigenvalue weighted by atomic mass is 35.5. The molecule has 346 valence electrons. The van der Waals surface area contributed by atoms with Gasteiger partial charge in [-0.05, 0) is 109 Å². The number of azide groups is 1. The highest BCUT2D eigenvalue weighted by Gasteiger charge is 2.39. The van der Waals surface area contributed by atoms with Crippen molar-refractivity contribution in [1.82, 2.24) is 16.0 Å². The van der Waals surface area contributed by atoms with Crippen LogP contribution in [0.15, 0.2) is 65.8 Å². The molecule has 0 saturated heterocycles. The van der Waals surface area contributed by atoms with Crippen LogP contribution in [0.25, 0.3) is 16.5 Å². The number of amides is 3. The van der Waals surface area contributed by atoms with Crippen LogP contribution in [0.3, 0.4) is 0 Å². The lowest BCUT2D eigenvalue weighted by atomic mass is 9.83. The predicted octanol–water partition coefficient (Wildman–Crippen LogP) is 9.21. The fraction of sp³-hybridized carbons (Fsp3) is 0.553. The largest absolute Gasteiger partial charge is 0.495 e. The van der Waals surface area contributed by atoms with Crippen LogP contribution >= 0.6 is 11.6 Å². The minimum absolute atomic E-state index is 0.0288. The van der Waals surface area contributed by atoms with Crippen LogP contribution in [-0.4, -0.2) is 72.4 Å². The summed E-state index contributed by atoms with van der Waals surface area (Å²) < 4.78 is 22.2. The van der Waals surface area contributed by atoms with E-state index in [0.29, 0.717) is 16.3 Å². The van der Waals surface area contributed by atoms with Crippen LogP contribution in [0.1, 0.15) is 113 Å². The second-order valence-electron chi connectivity index (χ2n) is 18.5. The minimum atomic E-state index is -1.27. The van der Waals surface area contributed by atoms with Gasteiger partial charge in [0.1, 0.15) is 35.1 Å². The van der Waals surface area contributed by atoms with Crippen LogP contribution in [0.4, 0.5) is 4.79 Å². The fourth-order valence-electron chi connectivity index (χ4n) is 5.92. The summed E-state index contributed by atoms with van der Waals surface area (Å²) in [5, 5.41) is 12.3. The monoisotopic (exact) mass is 894 g/mol. The third kappa shape index (κ3) is 19.6. The van der Waals surface area contributed by atoms with Gasteiger partial charge in [-0.3, -0.25) is 9.59 Å². The van der Waals surface area contributed by atoms with Gasteiger partial charge >= 0.3 is 18.0 Å². The molecule has 0 fully saturated rings. The first-order valence-electron chi connectivity index (χ1n) is 21.1. The summed E-state index contributed by atoms with van der Waals surface area (Å²) in [7, 11) is 1.49. The molecule has 3 amide bonds. The van der Waals surface area contributed by atoms with Crippen molar-refractivity contribution < 1.29 is 42.9 Å². The summed E-state index contributed by atoms with van der Waals surface area (Å²) in [4.78, 5) is 70.2. The van der Waals surface area contributed by atoms with Crippen molar-refractivity contribution in [1.29, 1.82) is 0 Å². The molecule has 1 unspecified atom stereocenters. The standard InChI is InChI=1S/C47H67ClN6O9/c1-29(2)25-37(42(57)61-38(15-14-16-40(55)62-45(5,6)7)30(3)17-18-32-19-21-33(22-20-32)28-50-54-49)52-43(58)47(11,12)31(4)51-41(56)36(53-44(59)63-46(8,9)10)27-34-23-24-39(60-13)35(48)26-34/h14,16-24,26,29-31,36-38H,15,25,27-28H2,1-13H3,(H,51,56)(H,52,58)(H,53,59)/b16-14+,18-17+/t30-,31?,36-,37+,38+/m1/s1. The first-order chi connectivity index (χ1) is 29.2. The van der Waals surface area contributed by atoms with Crippen molar-refractivity contribution in [3.05, 3.63) is 92.8 Å². The molecule has 2 aromatic carbocycles. The summed E-state index contributed by atoms with van der Waals surface area (Å²) in [6.45, 7) is 21.3. The summed E-state index contributed by atoms with van der Waals surface area (Å²) in [5.74, 6) is -2.23. The number of carbonyl (C=O) groups excluding carboxylic acids is 5. The molecule has 0 bridgehead atoms. The van der Waals surface area contributed by atoms with Gasteiger partial charge < -0.3 is 34.9 Å². The average Bonchev–Trinajstić information content (AvgIpc) is 3.16. The topological polar surface area (TPSA) is 207 Å². The van der Waals surface area contributed by atoms with E-state index < -0.39 is 70.7 Å². The van der Waals surface area contributed by atoms with Crippen LogP contribution in [0.5, 0.6) is 5.75 Å². The summed E-state index contributed by atoms with van der Waals surface area (Å²) >= 11 is 6.36. The average molecular weight is 896 g/mol. The number of alkyl carbamates (subject to hydrolysis) is 1. The molecule has 0 aromatic heterocycles. The maximum Gasteiger partial charge on any atom is 0.408 e. The first-order valence-corrected chi connectivity index (χ1v) is 21.4. The van der Waals surface area contributed by atoms with Crippen LogP contribution in [0, 0.1) is 17.3 Å². The van der Waals surface area contributed by atoms with Crippen LogP contribution in [-0.2, 0) is 46.4 Å². The number of halogens is 1. The Bertz CT molecular complexity index is 1980. The van der Waals surface area contributed by atoms with Gasteiger partial charge in [-0.15, -0.1) is 0 Å². The zero-order valence-electron chi connectivity index (χ0n) is 39.0. The molecule has 0 heterocycles. The van der Waals surface area contributed by atoms with E-state index in [1.807, 2.05) is 57.2 Å². The van der Waals surface area contributed by atoms with Gasteiger partial charge in [-0.1, -0.05) is 86.0 Å². The van der Waals surface area contributed by atoms with Gasteiger partial charge in [-0.25, -0.2) is 14.4 Å². The van der Waals surface area contributed by atoms with Gasteiger partial charge in [0.05, 0.1) is 24.1 Å². The Labute approximate surface area is 377 Å². The number of nitrogens with zero attached hydrogens (tertiary/aromatic N) is 3. The van der Waals surface area contributed by atoms with Crippen molar-refractivity contribution in [2.24, 2.45) is 22.4 Å². The number of nitrogens with one attached hydrogen (secondary N) is 3. The molecule has 2 aromatic rings. The number of methoxy groups -OCH3 is 1. The minimum Gasteiger partial charge on any atom is -0.495 e. The molecule has 16 heteroatoms. The Morgan fingerprint density at radius 3 is 2.02 bits per heavy atom. The molecular weight excluding hydrogens is 828 g/mol. The molecule has 0 aliphatic rings. The molecule has 0 radical (unpaired) electrons. The van der Waals surface area contributed by atoms with Gasteiger partial charge in [0.2, 0.25) is 11.8 Å². The normalized spacial score (nSPS) is 14.5. The third-order valence-corrected chi connectivity index (χ3v) is 10.1. The first kappa shape index (κ1) is 53.6. The van der Waals surface area contributed by atoms with Gasteiger partial charge in [-0.2, -0.15) is 0 Å². The molecule has 0 aliphatic carbocycles. The molecule has 5 atom stereocenters. The number of esters is 2. The number of carbonyl (C=O) groups is 5. The zero-order chi connectivity index (χ0) is 47.7. The lowest BCUT2D eigenvalue weighted by Crippen LogP contribution is -2.58. The maximum atomic E-state index is 14.1. The zero-order valence-corrected chi connectivity index (χ0v) is 39.8. The molecule has 63 heavy (non-hydrogen) atoms. The van der Waals surface area contributed by atoms with E-state index in [1.165, 1.54) is 13.2 Å².